The number of aromatic nitrogens is 3. The first-order valence-corrected chi connectivity index (χ1v) is 9.51. The fraction of sp³-hybridized carbons (Fsp3) is 0.227. The molecule has 0 radical (unpaired) electrons. The van der Waals surface area contributed by atoms with Crippen LogP contribution in [0, 0.1) is 0 Å². The molecule has 0 aliphatic carbocycles. The minimum absolute atomic E-state index is 0.0250. The number of nitrogens with zero attached hydrogens (tertiary/aromatic N) is 3. The van der Waals surface area contributed by atoms with E-state index in [0.29, 0.717) is 31.0 Å². The number of benzene rings is 2. The standard InChI is InChI=1S/C22H20N4O3/c1-28-20(14-5-3-2-4-6-14)21-25-18-12-26(10-9-19(18)29-21)22(27)15-7-8-16-17(11-15)24-13-23-16/h2-8,11,13,20H,9-10,12H2,1H3,(H,23,24). The Morgan fingerprint density at radius 3 is 2.93 bits per heavy atom. The Bertz CT molecular complexity index is 1170. The highest BCUT2D eigenvalue weighted by atomic mass is 16.5. The monoisotopic (exact) mass is 388 g/mol. The molecule has 7 nitrogen and oxygen atoms in total. The molecule has 7 heteroatoms. The van der Waals surface area contributed by atoms with E-state index >= 15 is 0 Å². The summed E-state index contributed by atoms with van der Waals surface area (Å²) < 4.78 is 11.6. The summed E-state index contributed by atoms with van der Waals surface area (Å²) in [5.74, 6) is 1.32. The van der Waals surface area contributed by atoms with Crippen LogP contribution in [0.1, 0.15) is 39.4 Å². The zero-order chi connectivity index (χ0) is 19.8. The summed E-state index contributed by atoms with van der Waals surface area (Å²) in [7, 11) is 1.64. The van der Waals surface area contributed by atoms with Gasteiger partial charge in [-0.05, 0) is 23.8 Å². The summed E-state index contributed by atoms with van der Waals surface area (Å²) in [5, 5.41) is 0. The molecule has 5 rings (SSSR count). The molecule has 2 aromatic heterocycles. The Labute approximate surface area is 167 Å². The lowest BCUT2D eigenvalue weighted by Crippen LogP contribution is -2.35. The average molecular weight is 388 g/mol. The van der Waals surface area contributed by atoms with E-state index in [1.807, 2.05) is 48.5 Å². The fourth-order valence-corrected chi connectivity index (χ4v) is 3.76. The molecule has 1 N–H and O–H groups in total. The van der Waals surface area contributed by atoms with Crippen LogP contribution < -0.4 is 0 Å². The molecule has 2 aromatic carbocycles. The highest BCUT2D eigenvalue weighted by Crippen LogP contribution is 2.29. The first-order chi connectivity index (χ1) is 14.2. The number of aromatic amines is 1. The van der Waals surface area contributed by atoms with Gasteiger partial charge in [-0.3, -0.25) is 4.79 Å². The van der Waals surface area contributed by atoms with E-state index in [4.69, 9.17) is 9.15 Å². The molecule has 0 saturated carbocycles. The van der Waals surface area contributed by atoms with E-state index in [1.165, 1.54) is 0 Å². The van der Waals surface area contributed by atoms with Crippen LogP contribution in [-0.4, -0.2) is 39.4 Å². The topological polar surface area (TPSA) is 84.2 Å². The van der Waals surface area contributed by atoms with Gasteiger partial charge < -0.3 is 19.0 Å². The first-order valence-electron chi connectivity index (χ1n) is 9.51. The van der Waals surface area contributed by atoms with Crippen molar-refractivity contribution in [2.45, 2.75) is 19.1 Å². The van der Waals surface area contributed by atoms with Crippen molar-refractivity contribution in [1.29, 1.82) is 0 Å². The molecule has 0 spiro atoms. The van der Waals surface area contributed by atoms with Crippen molar-refractivity contribution in [3.63, 3.8) is 0 Å². The second-order valence-corrected chi connectivity index (χ2v) is 7.06. The summed E-state index contributed by atoms with van der Waals surface area (Å²) >= 11 is 0. The predicted molar refractivity (Wildman–Crippen MR) is 106 cm³/mol. The smallest absolute Gasteiger partial charge is 0.254 e. The molecule has 1 unspecified atom stereocenters. The maximum Gasteiger partial charge on any atom is 0.254 e. The third-order valence-electron chi connectivity index (χ3n) is 5.26. The molecule has 1 aliphatic heterocycles. The van der Waals surface area contributed by atoms with Crippen molar-refractivity contribution < 1.29 is 13.9 Å². The Morgan fingerprint density at radius 1 is 1.24 bits per heavy atom. The molecular weight excluding hydrogens is 368 g/mol. The Morgan fingerprint density at radius 2 is 2.10 bits per heavy atom. The molecule has 0 fully saturated rings. The van der Waals surface area contributed by atoms with Crippen LogP contribution in [0.3, 0.4) is 0 Å². The Balaban J connectivity index is 1.39. The second kappa shape index (κ2) is 7.18. The van der Waals surface area contributed by atoms with E-state index in [-0.39, 0.29) is 12.0 Å². The largest absolute Gasteiger partial charge is 0.442 e. The quantitative estimate of drug-likeness (QED) is 0.579. The van der Waals surface area contributed by atoms with Gasteiger partial charge in [0.15, 0.2) is 6.10 Å². The van der Waals surface area contributed by atoms with Crippen LogP contribution in [0.4, 0.5) is 0 Å². The number of nitrogens with one attached hydrogen (secondary N) is 1. The van der Waals surface area contributed by atoms with Crippen molar-refractivity contribution in [2.24, 2.45) is 0 Å². The van der Waals surface area contributed by atoms with E-state index in [2.05, 4.69) is 15.0 Å². The number of imidazole rings is 1. The van der Waals surface area contributed by atoms with Gasteiger partial charge in [0.25, 0.3) is 5.91 Å². The van der Waals surface area contributed by atoms with Gasteiger partial charge in [0.2, 0.25) is 5.89 Å². The van der Waals surface area contributed by atoms with Crippen LogP contribution in [0.15, 0.2) is 59.3 Å². The van der Waals surface area contributed by atoms with Crippen molar-refractivity contribution in [3.8, 4) is 0 Å². The fourth-order valence-electron chi connectivity index (χ4n) is 3.76. The number of oxazole rings is 1. The highest BCUT2D eigenvalue weighted by Gasteiger charge is 2.29. The van der Waals surface area contributed by atoms with Gasteiger partial charge >= 0.3 is 0 Å². The summed E-state index contributed by atoms with van der Waals surface area (Å²) in [6.45, 7) is 1.01. The minimum Gasteiger partial charge on any atom is -0.442 e. The zero-order valence-corrected chi connectivity index (χ0v) is 16.0. The van der Waals surface area contributed by atoms with Crippen LogP contribution in [0.5, 0.6) is 0 Å². The molecule has 1 atom stereocenters. The first kappa shape index (κ1) is 17.6. The maximum absolute atomic E-state index is 13.0. The summed E-state index contributed by atoms with van der Waals surface area (Å²) in [5.41, 5.74) is 4.10. The van der Waals surface area contributed by atoms with Gasteiger partial charge in [0.05, 0.1) is 23.9 Å². The summed E-state index contributed by atoms with van der Waals surface area (Å²) in [4.78, 5) is 26.7. The van der Waals surface area contributed by atoms with Gasteiger partial charge in [-0.1, -0.05) is 30.3 Å². The third-order valence-corrected chi connectivity index (χ3v) is 5.26. The number of carbonyl (C=O) groups excluding carboxylic acids is 1. The molecular formula is C22H20N4O3. The number of amides is 1. The highest BCUT2D eigenvalue weighted by molar-refractivity contribution is 5.97. The summed E-state index contributed by atoms with van der Waals surface area (Å²) in [6.07, 6.45) is 1.89. The van der Waals surface area contributed by atoms with E-state index < -0.39 is 0 Å². The van der Waals surface area contributed by atoms with Gasteiger partial charge in [0.1, 0.15) is 11.5 Å². The minimum atomic E-state index is -0.367. The Hall–Kier alpha value is -3.45. The van der Waals surface area contributed by atoms with Crippen molar-refractivity contribution in [1.82, 2.24) is 19.9 Å². The van der Waals surface area contributed by atoms with E-state index in [1.54, 1.807) is 18.3 Å². The van der Waals surface area contributed by atoms with Gasteiger partial charge in [-0.2, -0.15) is 0 Å². The number of fused-ring (bicyclic) bond motifs is 2. The zero-order valence-electron chi connectivity index (χ0n) is 16.0. The number of ether oxygens (including phenoxy) is 1. The lowest BCUT2D eigenvalue weighted by Gasteiger charge is -2.25. The molecule has 3 heterocycles. The third kappa shape index (κ3) is 3.19. The SMILES string of the molecule is COC(c1ccccc1)c1nc2c(o1)CCN(C(=O)c1ccc3nc[nH]c3c1)C2. The van der Waals surface area contributed by atoms with Crippen LogP contribution in [-0.2, 0) is 17.7 Å². The van der Waals surface area contributed by atoms with Crippen LogP contribution >= 0.6 is 0 Å². The number of carbonyl (C=O) groups is 1. The summed E-state index contributed by atoms with van der Waals surface area (Å²) in [6, 6.07) is 15.3. The van der Waals surface area contributed by atoms with Gasteiger partial charge in [-0.15, -0.1) is 0 Å². The second-order valence-electron chi connectivity index (χ2n) is 7.06. The number of hydrogen-bond donors (Lipinski definition) is 1. The lowest BCUT2D eigenvalue weighted by atomic mass is 10.1. The Kier molecular flexibility index (Phi) is 4.37. The maximum atomic E-state index is 13.0. The van der Waals surface area contributed by atoms with Gasteiger partial charge in [0, 0.05) is 25.6 Å². The van der Waals surface area contributed by atoms with Gasteiger partial charge in [-0.25, -0.2) is 9.97 Å². The molecule has 4 aromatic rings. The molecule has 0 saturated heterocycles. The van der Waals surface area contributed by atoms with Crippen molar-refractivity contribution in [2.75, 3.05) is 13.7 Å². The number of methoxy groups -OCH3 is 1. The molecule has 0 bridgehead atoms. The van der Waals surface area contributed by atoms with Crippen LogP contribution in [0.2, 0.25) is 0 Å². The van der Waals surface area contributed by atoms with Crippen molar-refractivity contribution >= 4 is 16.9 Å². The molecule has 1 amide bonds. The number of hydrogen-bond acceptors (Lipinski definition) is 5. The van der Waals surface area contributed by atoms with E-state index in [0.717, 1.165) is 28.1 Å². The van der Waals surface area contributed by atoms with Crippen molar-refractivity contribution in [3.05, 3.63) is 83.3 Å². The number of rotatable bonds is 4. The van der Waals surface area contributed by atoms with E-state index in [9.17, 15) is 4.79 Å². The molecule has 1 aliphatic rings. The predicted octanol–water partition coefficient (Wildman–Crippen LogP) is 3.49. The molecule has 29 heavy (non-hydrogen) atoms. The normalized spacial score (nSPS) is 14.7. The number of H-pyrrole nitrogens is 1. The van der Waals surface area contributed by atoms with Crippen LogP contribution in [0.25, 0.3) is 11.0 Å². The molecule has 146 valence electrons. The average Bonchev–Trinajstić information content (AvgIpc) is 3.40. The lowest BCUT2D eigenvalue weighted by molar-refractivity contribution is 0.0727.